The maximum atomic E-state index is 13.7. The zero-order chi connectivity index (χ0) is 22.6. The van der Waals surface area contributed by atoms with Crippen LogP contribution in [0.5, 0.6) is 0 Å². The van der Waals surface area contributed by atoms with Crippen LogP contribution < -0.4 is 10.2 Å². The molecule has 31 heavy (non-hydrogen) atoms. The van der Waals surface area contributed by atoms with Gasteiger partial charge in [0.1, 0.15) is 5.82 Å². The summed E-state index contributed by atoms with van der Waals surface area (Å²) in [5, 5.41) is 7.21. The maximum Gasteiger partial charge on any atom is 0.395 e. The van der Waals surface area contributed by atoms with Crippen LogP contribution in [0.4, 0.5) is 33.6 Å². The molecule has 3 aromatic heterocycles. The number of carbonyl (C=O) groups excluding carboxylic acids is 1. The van der Waals surface area contributed by atoms with Crippen molar-refractivity contribution < 1.29 is 26.7 Å². The Morgan fingerprint density at radius 3 is 2.52 bits per heavy atom. The van der Waals surface area contributed by atoms with Gasteiger partial charge in [0.25, 0.3) is 0 Å². The monoisotopic (exact) mass is 441 g/mol. The number of halogens is 5. The predicted molar refractivity (Wildman–Crippen MR) is 100 cm³/mol. The molecule has 0 saturated carbocycles. The number of alkyl halides is 5. The molecule has 0 atom stereocenters. The van der Waals surface area contributed by atoms with Crippen LogP contribution in [0.15, 0.2) is 24.5 Å². The highest BCUT2D eigenvalue weighted by molar-refractivity contribution is 5.95. The lowest BCUT2D eigenvalue weighted by Crippen LogP contribution is -2.53. The molecule has 4 heterocycles. The van der Waals surface area contributed by atoms with Crippen molar-refractivity contribution >= 4 is 28.4 Å². The summed E-state index contributed by atoms with van der Waals surface area (Å²) in [7, 11) is 0. The number of nitrogens with one attached hydrogen (secondary N) is 1. The fraction of sp³-hybridized carbons (Fsp3) is 0.389. The topological polar surface area (TPSA) is 88.8 Å². The first-order valence-electron chi connectivity index (χ1n) is 9.13. The second-order valence-corrected chi connectivity index (χ2v) is 7.27. The van der Waals surface area contributed by atoms with Crippen LogP contribution in [0.3, 0.4) is 0 Å². The van der Waals surface area contributed by atoms with Crippen molar-refractivity contribution in [1.82, 2.24) is 24.7 Å². The van der Waals surface area contributed by atoms with Crippen molar-refractivity contribution in [2.24, 2.45) is 5.92 Å². The van der Waals surface area contributed by atoms with Gasteiger partial charge in [-0.05, 0) is 0 Å². The van der Waals surface area contributed by atoms with Gasteiger partial charge in [-0.3, -0.25) is 4.79 Å². The maximum absolute atomic E-state index is 13.7. The molecule has 1 saturated heterocycles. The molecule has 1 amide bonds. The van der Waals surface area contributed by atoms with E-state index in [1.807, 2.05) is 0 Å². The highest BCUT2D eigenvalue weighted by Crippen LogP contribution is 2.39. The van der Waals surface area contributed by atoms with Crippen LogP contribution in [0, 0.1) is 5.92 Å². The molecule has 0 aromatic carbocycles. The molecule has 1 aliphatic heterocycles. The molecule has 13 heteroatoms. The summed E-state index contributed by atoms with van der Waals surface area (Å²) in [6.07, 6.45) is -1.82. The molecule has 1 N–H and O–H groups in total. The number of carbonyl (C=O) groups is 1. The average Bonchev–Trinajstić information content (AvgIpc) is 2.97. The van der Waals surface area contributed by atoms with Gasteiger partial charge in [0.2, 0.25) is 11.7 Å². The van der Waals surface area contributed by atoms with Crippen molar-refractivity contribution in [3.05, 3.63) is 30.4 Å². The third-order valence-electron chi connectivity index (χ3n) is 4.74. The largest absolute Gasteiger partial charge is 0.395 e. The van der Waals surface area contributed by atoms with Gasteiger partial charge in [0.15, 0.2) is 11.6 Å². The predicted octanol–water partition coefficient (Wildman–Crippen LogP) is 3.28. The zero-order valence-electron chi connectivity index (χ0n) is 16.3. The van der Waals surface area contributed by atoms with Crippen LogP contribution in [-0.4, -0.2) is 49.9 Å². The van der Waals surface area contributed by atoms with E-state index in [2.05, 4.69) is 25.4 Å². The summed E-state index contributed by atoms with van der Waals surface area (Å²) in [6, 6.07) is 2.79. The number of hydrogen-bond donors (Lipinski definition) is 1. The summed E-state index contributed by atoms with van der Waals surface area (Å²) in [5.74, 6) is -5.53. The quantitative estimate of drug-likeness (QED) is 0.626. The lowest BCUT2D eigenvalue weighted by atomic mass is 9.99. The standard InChI is InChI=1S/C18H16F5N7O/c1-9(31)26-13-5-12-11(6-25-13)15(29-7-10(8-29)18(21,22)23)28-30(12)14-3-4-24-16(27-14)17(2,19)20/h3-6,10H,7-8H2,1-2H3,(H,25,26,31). The van der Waals surface area contributed by atoms with Gasteiger partial charge in [0, 0.05) is 51.5 Å². The Kier molecular flexibility index (Phi) is 4.78. The Morgan fingerprint density at radius 2 is 1.90 bits per heavy atom. The average molecular weight is 441 g/mol. The van der Waals surface area contributed by atoms with E-state index in [1.54, 1.807) is 0 Å². The van der Waals surface area contributed by atoms with Crippen LogP contribution in [0.25, 0.3) is 16.7 Å². The highest BCUT2D eigenvalue weighted by Gasteiger charge is 2.48. The Balaban J connectivity index is 1.81. The molecule has 0 aliphatic carbocycles. The van der Waals surface area contributed by atoms with Crippen molar-refractivity contribution in [3.8, 4) is 5.82 Å². The van der Waals surface area contributed by atoms with Crippen LogP contribution in [0.1, 0.15) is 19.7 Å². The minimum absolute atomic E-state index is 0.00403. The summed E-state index contributed by atoms with van der Waals surface area (Å²) in [5.41, 5.74) is 0.327. The van der Waals surface area contributed by atoms with E-state index in [0.29, 0.717) is 17.8 Å². The number of anilines is 2. The normalized spacial score (nSPS) is 15.3. The minimum atomic E-state index is -4.32. The first kappa shape index (κ1) is 20.9. The van der Waals surface area contributed by atoms with E-state index in [1.165, 1.54) is 34.8 Å². The summed E-state index contributed by atoms with van der Waals surface area (Å²) in [4.78, 5) is 24.3. The van der Waals surface area contributed by atoms with Crippen molar-refractivity contribution in [1.29, 1.82) is 0 Å². The smallest absolute Gasteiger partial charge is 0.353 e. The second-order valence-electron chi connectivity index (χ2n) is 7.27. The molecule has 164 valence electrons. The van der Waals surface area contributed by atoms with Crippen molar-refractivity contribution in [2.45, 2.75) is 25.9 Å². The number of pyridine rings is 1. The second kappa shape index (κ2) is 7.10. The molecule has 0 unspecified atom stereocenters. The Hall–Kier alpha value is -3.38. The Labute approximate surface area is 172 Å². The number of amides is 1. The third kappa shape index (κ3) is 3.99. The van der Waals surface area contributed by atoms with Crippen molar-refractivity contribution in [3.63, 3.8) is 0 Å². The molecule has 3 aromatic rings. The molecule has 4 rings (SSSR count). The number of fused-ring (bicyclic) bond motifs is 1. The lowest BCUT2D eigenvalue weighted by Gasteiger charge is -2.40. The Morgan fingerprint density at radius 1 is 1.19 bits per heavy atom. The van der Waals surface area contributed by atoms with E-state index in [-0.39, 0.29) is 36.5 Å². The molecular weight excluding hydrogens is 425 g/mol. The van der Waals surface area contributed by atoms with E-state index in [9.17, 15) is 26.7 Å². The molecule has 0 spiro atoms. The summed E-state index contributed by atoms with van der Waals surface area (Å²) in [6.45, 7) is 1.36. The number of aromatic nitrogens is 5. The SMILES string of the molecule is CC(=O)Nc1cc2c(cn1)c(N1CC(C(F)(F)F)C1)nn2-c1ccnc(C(C)(F)F)n1. The van der Waals surface area contributed by atoms with Gasteiger partial charge in [-0.1, -0.05) is 0 Å². The van der Waals surface area contributed by atoms with Crippen LogP contribution in [0.2, 0.25) is 0 Å². The van der Waals surface area contributed by atoms with Gasteiger partial charge in [-0.25, -0.2) is 19.6 Å². The van der Waals surface area contributed by atoms with Gasteiger partial charge in [-0.15, -0.1) is 5.10 Å². The van der Waals surface area contributed by atoms with Gasteiger partial charge >= 0.3 is 12.1 Å². The molecule has 0 radical (unpaired) electrons. The van der Waals surface area contributed by atoms with Crippen LogP contribution >= 0.6 is 0 Å². The van der Waals surface area contributed by atoms with E-state index >= 15 is 0 Å². The zero-order valence-corrected chi connectivity index (χ0v) is 16.3. The first-order valence-corrected chi connectivity index (χ1v) is 9.13. The molecule has 0 bridgehead atoms. The lowest BCUT2D eigenvalue weighted by molar-refractivity contribution is -0.180. The molecule has 1 aliphatic rings. The number of nitrogens with zero attached hydrogens (tertiary/aromatic N) is 6. The summed E-state index contributed by atoms with van der Waals surface area (Å²) >= 11 is 0. The molecule has 8 nitrogen and oxygen atoms in total. The molecule has 1 fully saturated rings. The van der Waals surface area contributed by atoms with Gasteiger partial charge in [0.05, 0.1) is 16.8 Å². The van der Waals surface area contributed by atoms with Crippen LogP contribution in [-0.2, 0) is 10.7 Å². The van der Waals surface area contributed by atoms with E-state index in [4.69, 9.17) is 0 Å². The molecular formula is C18H16F5N7O. The van der Waals surface area contributed by atoms with E-state index in [0.717, 1.165) is 6.20 Å². The third-order valence-corrected chi connectivity index (χ3v) is 4.74. The Bertz CT molecular complexity index is 1150. The van der Waals surface area contributed by atoms with E-state index < -0.39 is 23.8 Å². The minimum Gasteiger partial charge on any atom is -0.353 e. The number of hydrogen-bond acceptors (Lipinski definition) is 6. The van der Waals surface area contributed by atoms with Gasteiger partial charge < -0.3 is 10.2 Å². The van der Waals surface area contributed by atoms with Crippen molar-refractivity contribution in [2.75, 3.05) is 23.3 Å². The van der Waals surface area contributed by atoms with Gasteiger partial charge in [-0.2, -0.15) is 22.0 Å². The summed E-state index contributed by atoms with van der Waals surface area (Å²) < 4.78 is 67.3. The number of rotatable bonds is 4. The first-order chi connectivity index (χ1) is 14.4. The fourth-order valence-electron chi connectivity index (χ4n) is 3.19. The highest BCUT2D eigenvalue weighted by atomic mass is 19.4. The fourth-order valence-corrected chi connectivity index (χ4v) is 3.19.